The lowest BCUT2D eigenvalue weighted by molar-refractivity contribution is 0.305. The number of aliphatic hydroxyl groups is 1. The van der Waals surface area contributed by atoms with Gasteiger partial charge in [-0.15, -0.1) is 0 Å². The largest absolute Gasteiger partial charge is 0.507 e. The second-order valence-electron chi connectivity index (χ2n) is 2.41. The van der Waals surface area contributed by atoms with Crippen molar-refractivity contribution in [2.24, 2.45) is 0 Å². The van der Waals surface area contributed by atoms with Crippen LogP contribution in [0.5, 0.6) is 5.75 Å². The number of hydrogen-bond donors (Lipinski definition) is 2. The summed E-state index contributed by atoms with van der Waals surface area (Å²) in [5.74, 6) is 4.25. The molecule has 0 atom stereocenters. The molecule has 1 aromatic rings. The highest BCUT2D eigenvalue weighted by atomic mass is 19.1. The quantitative estimate of drug-likeness (QED) is 0.639. The molecule has 0 heterocycles. The van der Waals surface area contributed by atoms with Crippen LogP contribution in [0.2, 0.25) is 0 Å². The Hall–Kier alpha value is -1.53. The Morgan fingerprint density at radius 2 is 2.15 bits per heavy atom. The molecular weight excluding hydrogens is 171 g/mol. The molecule has 0 aliphatic rings. The zero-order chi connectivity index (χ0) is 9.68. The predicted octanol–water partition coefficient (Wildman–Crippen LogP) is 1.27. The zero-order valence-electron chi connectivity index (χ0n) is 6.92. The molecular formula is C10H9FO2. The van der Waals surface area contributed by atoms with Crippen LogP contribution in [0, 0.1) is 17.7 Å². The van der Waals surface area contributed by atoms with Crippen LogP contribution in [-0.4, -0.2) is 16.8 Å². The fraction of sp³-hybridized carbons (Fsp3) is 0.200. The Kier molecular flexibility index (Phi) is 3.30. The Bertz CT molecular complexity index is 329. The first-order valence-electron chi connectivity index (χ1n) is 3.83. The molecule has 0 aromatic heterocycles. The van der Waals surface area contributed by atoms with Crippen molar-refractivity contribution in [3.05, 3.63) is 29.6 Å². The highest BCUT2D eigenvalue weighted by Crippen LogP contribution is 2.17. The molecule has 2 nitrogen and oxygen atoms in total. The summed E-state index contributed by atoms with van der Waals surface area (Å²) in [4.78, 5) is 0. The molecule has 1 rings (SSSR count). The number of phenolic OH excluding ortho intramolecular Hbond substituents is 1. The highest BCUT2D eigenvalue weighted by Gasteiger charge is 2.02. The van der Waals surface area contributed by atoms with Crippen LogP contribution in [0.15, 0.2) is 18.2 Å². The summed E-state index contributed by atoms with van der Waals surface area (Å²) < 4.78 is 13.0. The first-order valence-corrected chi connectivity index (χ1v) is 3.83. The topological polar surface area (TPSA) is 40.5 Å². The molecule has 0 amide bonds. The van der Waals surface area contributed by atoms with Crippen molar-refractivity contribution in [1.29, 1.82) is 0 Å². The summed E-state index contributed by atoms with van der Waals surface area (Å²) in [6, 6.07) is 4.00. The van der Waals surface area contributed by atoms with E-state index in [1.165, 1.54) is 18.2 Å². The molecule has 1 aromatic carbocycles. The van der Waals surface area contributed by atoms with Gasteiger partial charge >= 0.3 is 0 Å². The third-order valence-corrected chi connectivity index (χ3v) is 1.44. The van der Waals surface area contributed by atoms with E-state index < -0.39 is 5.82 Å². The maximum atomic E-state index is 13.0. The highest BCUT2D eigenvalue weighted by molar-refractivity contribution is 5.45. The van der Waals surface area contributed by atoms with E-state index in [4.69, 9.17) is 5.11 Å². The fourth-order valence-corrected chi connectivity index (χ4v) is 0.843. The molecule has 2 N–H and O–H groups in total. The third kappa shape index (κ3) is 2.46. The zero-order valence-corrected chi connectivity index (χ0v) is 6.92. The van der Waals surface area contributed by atoms with Crippen LogP contribution in [-0.2, 0) is 0 Å². The van der Waals surface area contributed by atoms with Crippen molar-refractivity contribution in [2.45, 2.75) is 6.42 Å². The van der Waals surface area contributed by atoms with Crippen LogP contribution < -0.4 is 0 Å². The lowest BCUT2D eigenvalue weighted by Gasteiger charge is -1.96. The molecule has 0 spiro atoms. The standard InChI is InChI=1S/C10H9FO2/c11-9-5-3-6-10(13)8(9)4-1-2-7-12/h3,5-6,12-13H,2,7H2. The number of rotatable bonds is 1. The van der Waals surface area contributed by atoms with Gasteiger partial charge in [-0.2, -0.15) is 0 Å². The number of aromatic hydroxyl groups is 1. The van der Waals surface area contributed by atoms with Crippen LogP contribution in [0.25, 0.3) is 0 Å². The van der Waals surface area contributed by atoms with E-state index in [2.05, 4.69) is 11.8 Å². The maximum absolute atomic E-state index is 13.0. The predicted molar refractivity (Wildman–Crippen MR) is 46.6 cm³/mol. The molecule has 0 unspecified atom stereocenters. The van der Waals surface area contributed by atoms with Crippen molar-refractivity contribution < 1.29 is 14.6 Å². The molecule has 3 heteroatoms. The minimum atomic E-state index is -0.551. The summed E-state index contributed by atoms with van der Waals surface area (Å²) in [7, 11) is 0. The molecule has 68 valence electrons. The summed E-state index contributed by atoms with van der Waals surface area (Å²) in [5.41, 5.74) is -0.0176. The number of benzene rings is 1. The summed E-state index contributed by atoms with van der Waals surface area (Å²) in [5, 5.41) is 17.6. The average molecular weight is 180 g/mol. The molecule has 0 aliphatic heterocycles. The number of aliphatic hydroxyl groups excluding tert-OH is 1. The Morgan fingerprint density at radius 3 is 2.77 bits per heavy atom. The number of hydrogen-bond acceptors (Lipinski definition) is 2. The van der Waals surface area contributed by atoms with Gasteiger partial charge in [-0.05, 0) is 12.1 Å². The molecule has 0 bridgehead atoms. The van der Waals surface area contributed by atoms with E-state index >= 15 is 0 Å². The lowest BCUT2D eigenvalue weighted by Crippen LogP contribution is -1.84. The number of phenols is 1. The minimum Gasteiger partial charge on any atom is -0.507 e. The fourth-order valence-electron chi connectivity index (χ4n) is 0.843. The monoisotopic (exact) mass is 180 g/mol. The SMILES string of the molecule is OCCC#Cc1c(O)cccc1F. The van der Waals surface area contributed by atoms with Gasteiger partial charge in [0, 0.05) is 6.42 Å². The van der Waals surface area contributed by atoms with Gasteiger partial charge in [0.05, 0.1) is 6.61 Å². The first kappa shape index (κ1) is 9.56. The van der Waals surface area contributed by atoms with Gasteiger partial charge in [0.2, 0.25) is 0 Å². The van der Waals surface area contributed by atoms with Crippen LogP contribution in [0.1, 0.15) is 12.0 Å². The Labute approximate surface area is 75.6 Å². The Balaban J connectivity index is 2.95. The summed E-state index contributed by atoms with van der Waals surface area (Å²) >= 11 is 0. The number of halogens is 1. The lowest BCUT2D eigenvalue weighted by atomic mass is 10.2. The third-order valence-electron chi connectivity index (χ3n) is 1.44. The minimum absolute atomic E-state index is 0.0176. The van der Waals surface area contributed by atoms with Crippen LogP contribution in [0.4, 0.5) is 4.39 Å². The second-order valence-corrected chi connectivity index (χ2v) is 2.41. The van der Waals surface area contributed by atoms with E-state index in [0.717, 1.165) is 0 Å². The normalized spacial score (nSPS) is 9.08. The summed E-state index contributed by atoms with van der Waals surface area (Å²) in [6.07, 6.45) is 0.272. The Morgan fingerprint density at radius 1 is 1.38 bits per heavy atom. The molecule has 0 radical (unpaired) electrons. The van der Waals surface area contributed by atoms with Gasteiger partial charge in [0.25, 0.3) is 0 Å². The van der Waals surface area contributed by atoms with Gasteiger partial charge in [0.15, 0.2) is 0 Å². The smallest absolute Gasteiger partial charge is 0.142 e. The first-order chi connectivity index (χ1) is 6.25. The maximum Gasteiger partial charge on any atom is 0.142 e. The van der Waals surface area contributed by atoms with Crippen molar-refractivity contribution in [2.75, 3.05) is 6.61 Å². The van der Waals surface area contributed by atoms with Gasteiger partial charge < -0.3 is 10.2 Å². The van der Waals surface area contributed by atoms with Gasteiger partial charge in [-0.25, -0.2) is 4.39 Å². The van der Waals surface area contributed by atoms with E-state index in [9.17, 15) is 9.50 Å². The van der Waals surface area contributed by atoms with Gasteiger partial charge in [0.1, 0.15) is 17.1 Å². The molecule has 0 saturated carbocycles. The van der Waals surface area contributed by atoms with E-state index in [0.29, 0.717) is 0 Å². The van der Waals surface area contributed by atoms with Crippen molar-refractivity contribution in [3.8, 4) is 17.6 Å². The molecule has 0 fully saturated rings. The average Bonchev–Trinajstić information content (AvgIpc) is 2.10. The second kappa shape index (κ2) is 4.48. The van der Waals surface area contributed by atoms with E-state index in [-0.39, 0.29) is 24.3 Å². The summed E-state index contributed by atoms with van der Waals surface area (Å²) in [6.45, 7) is -0.0672. The van der Waals surface area contributed by atoms with Crippen molar-refractivity contribution in [1.82, 2.24) is 0 Å². The van der Waals surface area contributed by atoms with E-state index in [1.807, 2.05) is 0 Å². The van der Waals surface area contributed by atoms with Crippen LogP contribution >= 0.6 is 0 Å². The van der Waals surface area contributed by atoms with Crippen molar-refractivity contribution in [3.63, 3.8) is 0 Å². The molecule has 13 heavy (non-hydrogen) atoms. The van der Waals surface area contributed by atoms with Gasteiger partial charge in [-0.3, -0.25) is 0 Å². The van der Waals surface area contributed by atoms with Crippen molar-refractivity contribution >= 4 is 0 Å². The van der Waals surface area contributed by atoms with Crippen LogP contribution in [0.3, 0.4) is 0 Å². The molecule has 0 aliphatic carbocycles. The molecule has 0 saturated heterocycles. The van der Waals surface area contributed by atoms with E-state index in [1.54, 1.807) is 0 Å². The van der Waals surface area contributed by atoms with Gasteiger partial charge in [-0.1, -0.05) is 17.9 Å².